The van der Waals surface area contributed by atoms with E-state index in [1.54, 1.807) is 0 Å². The second-order valence-electron chi connectivity index (χ2n) is 8.15. The van der Waals surface area contributed by atoms with Gasteiger partial charge in [0.05, 0.1) is 13.1 Å². The number of furan rings is 1. The number of nitrogens with zero attached hydrogens (tertiary/aromatic N) is 2. The Morgan fingerprint density at radius 2 is 1.85 bits per heavy atom. The summed E-state index contributed by atoms with van der Waals surface area (Å²) in [6, 6.07) is 15.0. The lowest BCUT2D eigenvalue weighted by Gasteiger charge is -2.26. The molecule has 2 atom stereocenters. The van der Waals surface area contributed by atoms with E-state index >= 15 is 0 Å². The zero-order valence-corrected chi connectivity index (χ0v) is 16.4. The standard InChI is InChI=1S/C23H30N2O2/c1-3-24(14-18-7-5-4-6-8-18)23(26)16-25(19-9-10-19)15-20-11-12-22(27-20)21-13-17(21)2/h4-8,11-12,17,19,21H,3,9-10,13-16H2,1-2H3. The summed E-state index contributed by atoms with van der Waals surface area (Å²) in [4.78, 5) is 17.2. The Balaban J connectivity index is 1.37. The van der Waals surface area contributed by atoms with Crippen LogP contribution in [-0.2, 0) is 17.9 Å². The monoisotopic (exact) mass is 366 g/mol. The summed E-state index contributed by atoms with van der Waals surface area (Å²) in [6.07, 6.45) is 3.61. The summed E-state index contributed by atoms with van der Waals surface area (Å²) in [5.74, 6) is 3.68. The molecule has 0 aliphatic heterocycles. The van der Waals surface area contributed by atoms with E-state index in [1.165, 1.54) is 24.8 Å². The molecule has 2 unspecified atom stereocenters. The second kappa shape index (κ2) is 7.89. The van der Waals surface area contributed by atoms with E-state index in [1.807, 2.05) is 23.1 Å². The van der Waals surface area contributed by atoms with Crippen LogP contribution < -0.4 is 0 Å². The largest absolute Gasteiger partial charge is 0.464 e. The fourth-order valence-corrected chi connectivity index (χ4v) is 3.81. The molecule has 144 valence electrons. The van der Waals surface area contributed by atoms with Crippen LogP contribution in [0.25, 0.3) is 0 Å². The minimum atomic E-state index is 0.204. The van der Waals surface area contributed by atoms with Gasteiger partial charge in [-0.15, -0.1) is 0 Å². The third-order valence-electron chi connectivity index (χ3n) is 5.87. The van der Waals surface area contributed by atoms with Crippen molar-refractivity contribution in [3.63, 3.8) is 0 Å². The zero-order chi connectivity index (χ0) is 18.8. The highest BCUT2D eigenvalue weighted by molar-refractivity contribution is 5.78. The highest BCUT2D eigenvalue weighted by atomic mass is 16.3. The Morgan fingerprint density at radius 3 is 2.48 bits per heavy atom. The van der Waals surface area contributed by atoms with Gasteiger partial charge in [0.2, 0.25) is 5.91 Å². The third-order valence-corrected chi connectivity index (χ3v) is 5.87. The maximum Gasteiger partial charge on any atom is 0.237 e. The van der Waals surface area contributed by atoms with Crippen molar-refractivity contribution >= 4 is 5.91 Å². The lowest BCUT2D eigenvalue weighted by Crippen LogP contribution is -2.40. The Labute approximate surface area is 162 Å². The predicted molar refractivity (Wildman–Crippen MR) is 106 cm³/mol. The highest BCUT2D eigenvalue weighted by Crippen LogP contribution is 2.47. The van der Waals surface area contributed by atoms with Crippen molar-refractivity contribution in [2.24, 2.45) is 5.92 Å². The fraction of sp³-hybridized carbons (Fsp3) is 0.522. The van der Waals surface area contributed by atoms with E-state index in [0.717, 1.165) is 30.5 Å². The maximum atomic E-state index is 12.9. The van der Waals surface area contributed by atoms with Gasteiger partial charge in [0.1, 0.15) is 11.5 Å². The van der Waals surface area contributed by atoms with Crippen LogP contribution in [0.2, 0.25) is 0 Å². The molecule has 0 saturated heterocycles. The van der Waals surface area contributed by atoms with Crippen molar-refractivity contribution in [1.82, 2.24) is 9.80 Å². The molecule has 4 nitrogen and oxygen atoms in total. The van der Waals surface area contributed by atoms with Crippen LogP contribution in [0.1, 0.15) is 56.1 Å². The molecule has 4 heteroatoms. The summed E-state index contributed by atoms with van der Waals surface area (Å²) in [7, 11) is 0. The summed E-state index contributed by atoms with van der Waals surface area (Å²) in [6.45, 7) is 6.95. The first-order valence-corrected chi connectivity index (χ1v) is 10.3. The molecule has 1 aromatic carbocycles. The fourth-order valence-electron chi connectivity index (χ4n) is 3.81. The van der Waals surface area contributed by atoms with E-state index in [0.29, 0.717) is 25.0 Å². The lowest BCUT2D eigenvalue weighted by atomic mass is 10.2. The van der Waals surface area contributed by atoms with E-state index in [4.69, 9.17) is 4.42 Å². The number of hydrogen-bond acceptors (Lipinski definition) is 3. The van der Waals surface area contributed by atoms with Crippen LogP contribution in [0.3, 0.4) is 0 Å². The van der Waals surface area contributed by atoms with E-state index in [-0.39, 0.29) is 5.91 Å². The molecule has 27 heavy (non-hydrogen) atoms. The molecule has 0 bridgehead atoms. The van der Waals surface area contributed by atoms with Crippen molar-refractivity contribution < 1.29 is 9.21 Å². The molecule has 2 aromatic rings. The first kappa shape index (κ1) is 18.3. The smallest absolute Gasteiger partial charge is 0.237 e. The van der Waals surface area contributed by atoms with Crippen molar-refractivity contribution in [1.29, 1.82) is 0 Å². The van der Waals surface area contributed by atoms with Gasteiger partial charge in [0.25, 0.3) is 0 Å². The van der Waals surface area contributed by atoms with Gasteiger partial charge >= 0.3 is 0 Å². The first-order valence-electron chi connectivity index (χ1n) is 10.3. The van der Waals surface area contributed by atoms with Crippen LogP contribution in [-0.4, -0.2) is 34.8 Å². The molecule has 1 aromatic heterocycles. The van der Waals surface area contributed by atoms with Crippen LogP contribution in [0.15, 0.2) is 46.9 Å². The van der Waals surface area contributed by atoms with Crippen LogP contribution >= 0.6 is 0 Å². The zero-order valence-electron chi connectivity index (χ0n) is 16.4. The number of carbonyl (C=O) groups is 1. The SMILES string of the molecule is CCN(Cc1ccccc1)C(=O)CN(Cc1ccc(C2CC2C)o1)C1CC1. The molecule has 0 N–H and O–H groups in total. The average Bonchev–Trinajstić information content (AvgIpc) is 3.60. The molecule has 1 heterocycles. The quantitative estimate of drug-likeness (QED) is 0.659. The van der Waals surface area contributed by atoms with Gasteiger partial charge < -0.3 is 9.32 Å². The molecule has 4 rings (SSSR count). The molecular formula is C23H30N2O2. The van der Waals surface area contributed by atoms with Crippen molar-refractivity contribution in [2.45, 2.75) is 58.2 Å². The minimum absolute atomic E-state index is 0.204. The van der Waals surface area contributed by atoms with Crippen molar-refractivity contribution in [2.75, 3.05) is 13.1 Å². The number of benzene rings is 1. The summed E-state index contributed by atoms with van der Waals surface area (Å²) >= 11 is 0. The minimum Gasteiger partial charge on any atom is -0.464 e. The topological polar surface area (TPSA) is 36.7 Å². The predicted octanol–water partition coefficient (Wildman–Crippen LogP) is 4.42. The number of amides is 1. The molecule has 0 radical (unpaired) electrons. The molecule has 2 fully saturated rings. The van der Waals surface area contributed by atoms with Gasteiger partial charge in [-0.3, -0.25) is 9.69 Å². The van der Waals surface area contributed by atoms with E-state index in [9.17, 15) is 4.79 Å². The van der Waals surface area contributed by atoms with Gasteiger partial charge in [-0.05, 0) is 49.8 Å². The Hall–Kier alpha value is -2.07. The number of likely N-dealkylation sites (N-methyl/N-ethyl adjacent to an activating group) is 1. The summed E-state index contributed by atoms with van der Waals surface area (Å²) < 4.78 is 6.08. The van der Waals surface area contributed by atoms with Crippen LogP contribution in [0, 0.1) is 5.92 Å². The van der Waals surface area contributed by atoms with Crippen molar-refractivity contribution in [3.8, 4) is 0 Å². The van der Waals surface area contributed by atoms with Crippen molar-refractivity contribution in [3.05, 3.63) is 59.5 Å². The molecule has 1 amide bonds. The van der Waals surface area contributed by atoms with Gasteiger partial charge in [-0.2, -0.15) is 0 Å². The van der Waals surface area contributed by atoms with Gasteiger partial charge in [-0.25, -0.2) is 0 Å². The summed E-state index contributed by atoms with van der Waals surface area (Å²) in [5.41, 5.74) is 1.18. The number of rotatable bonds is 9. The normalized spacial score (nSPS) is 21.4. The van der Waals surface area contributed by atoms with E-state index in [2.05, 4.69) is 43.0 Å². The molecular weight excluding hydrogens is 336 g/mol. The second-order valence-corrected chi connectivity index (χ2v) is 8.15. The first-order chi connectivity index (χ1) is 13.1. The summed E-state index contributed by atoms with van der Waals surface area (Å²) in [5, 5.41) is 0. The Bertz CT molecular complexity index is 766. The Kier molecular flexibility index (Phi) is 5.35. The van der Waals surface area contributed by atoms with E-state index < -0.39 is 0 Å². The molecule has 2 aliphatic rings. The lowest BCUT2D eigenvalue weighted by molar-refractivity contribution is -0.133. The van der Waals surface area contributed by atoms with Gasteiger partial charge in [-0.1, -0.05) is 37.3 Å². The van der Waals surface area contributed by atoms with Crippen LogP contribution in [0.4, 0.5) is 0 Å². The van der Waals surface area contributed by atoms with Gasteiger partial charge in [0, 0.05) is 25.0 Å². The number of carbonyl (C=O) groups excluding carboxylic acids is 1. The molecule has 2 aliphatic carbocycles. The Morgan fingerprint density at radius 1 is 1.11 bits per heavy atom. The highest BCUT2D eigenvalue weighted by Gasteiger charge is 2.37. The molecule has 0 spiro atoms. The van der Waals surface area contributed by atoms with Crippen LogP contribution in [0.5, 0.6) is 0 Å². The van der Waals surface area contributed by atoms with Gasteiger partial charge in [0.15, 0.2) is 0 Å². The number of hydrogen-bond donors (Lipinski definition) is 0. The molecule has 2 saturated carbocycles. The average molecular weight is 367 g/mol. The third kappa shape index (κ3) is 4.62. The maximum absolute atomic E-state index is 12.9.